The molecule has 0 saturated carbocycles. The molecule has 0 aliphatic carbocycles. The highest BCUT2D eigenvalue weighted by Crippen LogP contribution is 2.37. The third-order valence-electron chi connectivity index (χ3n) is 5.28. The topological polar surface area (TPSA) is 134 Å². The van der Waals surface area contributed by atoms with Crippen LogP contribution >= 0.6 is 0 Å². The number of carbonyl (C=O) groups is 3. The highest BCUT2D eigenvalue weighted by atomic mass is 28.4. The second-order valence-electron chi connectivity index (χ2n) is 10.1. The molecule has 2 atom stereocenters. The van der Waals surface area contributed by atoms with Crippen molar-refractivity contribution in [2.75, 3.05) is 0 Å². The van der Waals surface area contributed by atoms with Gasteiger partial charge >= 0.3 is 6.09 Å². The molecule has 5 N–H and O–H groups in total. The second kappa shape index (κ2) is 10.4. The molecule has 0 bridgehead atoms. The number of carbonyl (C=O) groups excluding carboxylic acids is 3. The molecule has 2 aromatic carbocycles. The molecule has 0 radical (unpaired) electrons. The minimum atomic E-state index is -3.28. The number of ether oxygens (including phenoxy) is 1. The van der Waals surface area contributed by atoms with Gasteiger partial charge in [-0.2, -0.15) is 0 Å². The van der Waals surface area contributed by atoms with E-state index in [0.29, 0.717) is 0 Å². The van der Waals surface area contributed by atoms with E-state index in [1.54, 1.807) is 20.8 Å². The Bertz CT molecular complexity index is 961. The first kappa shape index (κ1) is 27.1. The molecule has 0 aliphatic rings. The first-order valence-electron chi connectivity index (χ1n) is 11.1. The molecule has 9 heteroatoms. The molecule has 3 amide bonds. The standard InChI is InChI=1S/C25H35N3O5Si/c1-24(2,3)32-23(31)28-19(21(26)29)20(22(27)30)33-34(25(4,5)6,17-13-9-7-10-14-17)18-15-11-8-12-16-18/h7-16,19-20H,1-6H3,(H2,26,29)(H2,27,30)(H,28,31)/t19-,20+/m1/s1. The van der Waals surface area contributed by atoms with Crippen molar-refractivity contribution in [3.8, 4) is 0 Å². The lowest BCUT2D eigenvalue weighted by Gasteiger charge is -2.45. The van der Waals surface area contributed by atoms with Crippen LogP contribution in [0.1, 0.15) is 41.5 Å². The first-order chi connectivity index (χ1) is 15.7. The molecular weight excluding hydrogens is 450 g/mol. The summed E-state index contributed by atoms with van der Waals surface area (Å²) in [5.41, 5.74) is 10.5. The summed E-state index contributed by atoms with van der Waals surface area (Å²) in [6.45, 7) is 11.1. The maximum atomic E-state index is 12.7. The van der Waals surface area contributed by atoms with Crippen molar-refractivity contribution in [2.24, 2.45) is 11.5 Å². The third-order valence-corrected chi connectivity index (χ3v) is 10.3. The molecule has 184 valence electrons. The molecule has 0 saturated heterocycles. The molecule has 0 aromatic heterocycles. The van der Waals surface area contributed by atoms with E-state index >= 15 is 0 Å². The maximum Gasteiger partial charge on any atom is 0.408 e. The Morgan fingerprint density at radius 2 is 1.24 bits per heavy atom. The van der Waals surface area contributed by atoms with E-state index in [9.17, 15) is 14.4 Å². The predicted octanol–water partition coefficient (Wildman–Crippen LogP) is 1.80. The number of hydrogen-bond acceptors (Lipinski definition) is 5. The van der Waals surface area contributed by atoms with Gasteiger partial charge in [0.1, 0.15) is 11.6 Å². The molecule has 2 rings (SSSR count). The Balaban J connectivity index is 2.67. The van der Waals surface area contributed by atoms with Gasteiger partial charge in [0, 0.05) is 0 Å². The van der Waals surface area contributed by atoms with E-state index in [0.717, 1.165) is 10.4 Å². The Hall–Kier alpha value is -3.17. The fraction of sp³-hybridized carbons (Fsp3) is 0.400. The monoisotopic (exact) mass is 485 g/mol. The number of nitrogens with one attached hydrogen (secondary N) is 1. The van der Waals surface area contributed by atoms with Crippen LogP contribution in [0, 0.1) is 0 Å². The Kier molecular flexibility index (Phi) is 8.28. The number of amides is 3. The predicted molar refractivity (Wildman–Crippen MR) is 134 cm³/mol. The SMILES string of the molecule is CC(C)(C)OC(=O)N[C@@H](C(N)=O)[C@H](O[Si](c1ccccc1)(c1ccccc1)C(C)(C)C)C(N)=O. The number of hydrogen-bond donors (Lipinski definition) is 3. The van der Waals surface area contributed by atoms with Crippen molar-refractivity contribution in [1.82, 2.24) is 5.32 Å². The minimum absolute atomic E-state index is 0.502. The quantitative estimate of drug-likeness (QED) is 0.490. The molecule has 8 nitrogen and oxygen atoms in total. The molecule has 0 spiro atoms. The van der Waals surface area contributed by atoms with E-state index in [4.69, 9.17) is 20.6 Å². The lowest BCUT2D eigenvalue weighted by atomic mass is 10.1. The average molecular weight is 486 g/mol. The van der Waals surface area contributed by atoms with Gasteiger partial charge in [-0.15, -0.1) is 0 Å². The van der Waals surface area contributed by atoms with Crippen LogP contribution in [-0.4, -0.2) is 44.0 Å². The zero-order chi connectivity index (χ0) is 25.7. The summed E-state index contributed by atoms with van der Waals surface area (Å²) in [7, 11) is -3.28. The van der Waals surface area contributed by atoms with Crippen LogP contribution in [0.5, 0.6) is 0 Å². The van der Waals surface area contributed by atoms with Crippen LogP contribution in [0.3, 0.4) is 0 Å². The summed E-state index contributed by atoms with van der Waals surface area (Å²) in [5.74, 6) is -1.89. The van der Waals surface area contributed by atoms with Crippen molar-refractivity contribution in [2.45, 2.75) is 64.3 Å². The van der Waals surface area contributed by atoms with Gasteiger partial charge in [0.25, 0.3) is 8.32 Å². The van der Waals surface area contributed by atoms with E-state index in [2.05, 4.69) is 5.32 Å². The number of rotatable bonds is 8. The molecule has 0 aliphatic heterocycles. The Morgan fingerprint density at radius 3 is 1.56 bits per heavy atom. The molecule has 0 unspecified atom stereocenters. The van der Waals surface area contributed by atoms with Gasteiger partial charge in [0.15, 0.2) is 6.10 Å². The van der Waals surface area contributed by atoms with Crippen LogP contribution < -0.4 is 27.2 Å². The molecular formula is C25H35N3O5Si. The maximum absolute atomic E-state index is 12.7. The van der Waals surface area contributed by atoms with Crippen LogP contribution in [0.4, 0.5) is 4.79 Å². The van der Waals surface area contributed by atoms with Gasteiger partial charge in [-0.3, -0.25) is 9.59 Å². The van der Waals surface area contributed by atoms with Crippen LogP contribution in [-0.2, 0) is 18.8 Å². The molecule has 0 heterocycles. The second-order valence-corrected chi connectivity index (χ2v) is 14.4. The van der Waals surface area contributed by atoms with Gasteiger partial charge in [0.05, 0.1) is 0 Å². The van der Waals surface area contributed by atoms with Gasteiger partial charge in [-0.1, -0.05) is 81.4 Å². The molecule has 34 heavy (non-hydrogen) atoms. The van der Waals surface area contributed by atoms with Crippen molar-refractivity contribution >= 4 is 36.6 Å². The van der Waals surface area contributed by atoms with Crippen molar-refractivity contribution < 1.29 is 23.5 Å². The van der Waals surface area contributed by atoms with E-state index in [1.165, 1.54) is 0 Å². The van der Waals surface area contributed by atoms with Crippen molar-refractivity contribution in [1.29, 1.82) is 0 Å². The zero-order valence-corrected chi connectivity index (χ0v) is 21.6. The fourth-order valence-corrected chi connectivity index (χ4v) is 8.55. The smallest absolute Gasteiger partial charge is 0.408 e. The number of nitrogens with two attached hydrogens (primary N) is 2. The van der Waals surface area contributed by atoms with Gasteiger partial charge < -0.3 is 25.9 Å². The lowest BCUT2D eigenvalue weighted by molar-refractivity contribution is -0.132. The normalized spacial score (nSPS) is 14.1. The average Bonchev–Trinajstić information content (AvgIpc) is 2.72. The number of alkyl carbamates (subject to hydrolysis) is 1. The molecule has 2 aromatic rings. The van der Waals surface area contributed by atoms with Gasteiger partial charge in [0.2, 0.25) is 11.8 Å². The summed E-state index contributed by atoms with van der Waals surface area (Å²) in [5, 5.41) is 3.64. The Labute approximate surface area is 202 Å². The van der Waals surface area contributed by atoms with E-state index in [1.807, 2.05) is 81.4 Å². The third kappa shape index (κ3) is 6.24. The summed E-state index contributed by atoms with van der Waals surface area (Å²) in [6.07, 6.45) is -2.44. The minimum Gasteiger partial charge on any atom is -0.444 e. The first-order valence-corrected chi connectivity index (χ1v) is 13.0. The van der Waals surface area contributed by atoms with Crippen LogP contribution in [0.25, 0.3) is 0 Å². The zero-order valence-electron chi connectivity index (χ0n) is 20.6. The summed E-state index contributed by atoms with van der Waals surface area (Å²) >= 11 is 0. The Morgan fingerprint density at radius 1 is 0.794 bits per heavy atom. The van der Waals surface area contributed by atoms with Crippen LogP contribution in [0.2, 0.25) is 5.04 Å². The summed E-state index contributed by atoms with van der Waals surface area (Å²) < 4.78 is 11.9. The number of benzene rings is 2. The van der Waals surface area contributed by atoms with E-state index < -0.39 is 49.0 Å². The fourth-order valence-electron chi connectivity index (χ4n) is 3.90. The highest BCUT2D eigenvalue weighted by molar-refractivity contribution is 6.99. The van der Waals surface area contributed by atoms with Crippen molar-refractivity contribution in [3.63, 3.8) is 0 Å². The largest absolute Gasteiger partial charge is 0.444 e. The number of primary amides is 2. The lowest BCUT2D eigenvalue weighted by Crippen LogP contribution is -2.71. The van der Waals surface area contributed by atoms with Crippen molar-refractivity contribution in [3.05, 3.63) is 60.7 Å². The van der Waals surface area contributed by atoms with Gasteiger partial charge in [-0.05, 0) is 36.2 Å². The summed E-state index contributed by atoms with van der Waals surface area (Å²) in [6, 6.07) is 17.5. The summed E-state index contributed by atoms with van der Waals surface area (Å²) in [4.78, 5) is 37.6. The van der Waals surface area contributed by atoms with Gasteiger partial charge in [-0.25, -0.2) is 4.79 Å². The molecule has 0 fully saturated rings. The van der Waals surface area contributed by atoms with Crippen LogP contribution in [0.15, 0.2) is 60.7 Å². The highest BCUT2D eigenvalue weighted by Gasteiger charge is 2.53. The van der Waals surface area contributed by atoms with E-state index in [-0.39, 0.29) is 0 Å².